The summed E-state index contributed by atoms with van der Waals surface area (Å²) in [6.45, 7) is 0.472. The molecule has 124 valence electrons. The van der Waals surface area contributed by atoms with E-state index in [1.165, 1.54) is 0 Å². The molecule has 2 aromatic rings. The first-order valence-electron chi connectivity index (χ1n) is 7.50. The molecule has 7 nitrogen and oxygen atoms in total. The van der Waals surface area contributed by atoms with E-state index < -0.39 is 12.0 Å². The second-order valence-electron chi connectivity index (χ2n) is 5.73. The lowest BCUT2D eigenvalue weighted by Gasteiger charge is -2.12. The zero-order chi connectivity index (χ0) is 17.1. The number of hydrogen-bond donors (Lipinski definition) is 2. The Bertz CT molecular complexity index is 824. The second kappa shape index (κ2) is 6.67. The molecular weight excluding hydrogens is 308 g/mol. The van der Waals surface area contributed by atoms with E-state index in [2.05, 4.69) is 15.6 Å². The topological polar surface area (TPSA) is 83.6 Å². The molecule has 1 aliphatic rings. The number of esters is 1. The van der Waals surface area contributed by atoms with Crippen LogP contribution in [0, 0.1) is 0 Å². The van der Waals surface area contributed by atoms with Gasteiger partial charge in [-0.15, -0.1) is 0 Å². The van der Waals surface area contributed by atoms with Crippen molar-refractivity contribution in [3.8, 4) is 0 Å². The van der Waals surface area contributed by atoms with Crippen LogP contribution in [0.1, 0.15) is 0 Å². The molecular formula is C17H18N4O3. The van der Waals surface area contributed by atoms with Crippen molar-refractivity contribution in [1.29, 1.82) is 0 Å². The van der Waals surface area contributed by atoms with Gasteiger partial charge in [0.1, 0.15) is 12.4 Å². The smallest absolute Gasteiger partial charge is 0.337 e. The molecule has 0 unspecified atom stereocenters. The molecule has 0 atom stereocenters. The Labute approximate surface area is 139 Å². The number of urea groups is 1. The van der Waals surface area contributed by atoms with Crippen molar-refractivity contribution in [3.63, 3.8) is 0 Å². The van der Waals surface area contributed by atoms with Crippen LogP contribution in [0.2, 0.25) is 0 Å². The van der Waals surface area contributed by atoms with Gasteiger partial charge in [-0.05, 0) is 25.5 Å². The molecule has 24 heavy (non-hydrogen) atoms. The predicted molar refractivity (Wildman–Crippen MR) is 90.4 cm³/mol. The molecule has 2 amide bonds. The number of fused-ring (bicyclic) bond motifs is 1. The molecule has 0 radical (unpaired) electrons. The summed E-state index contributed by atoms with van der Waals surface area (Å²) in [6.07, 6.45) is 1.64. The third-order valence-corrected chi connectivity index (χ3v) is 3.60. The van der Waals surface area contributed by atoms with E-state index in [1.54, 1.807) is 6.20 Å². The first-order valence-corrected chi connectivity index (χ1v) is 7.50. The number of pyridine rings is 1. The third kappa shape index (κ3) is 3.36. The SMILES string of the molecule is CN(C)CC1=C(NC(=O)Nc2nccc3ccccc23)COC1=O. The highest BCUT2D eigenvalue weighted by Crippen LogP contribution is 2.20. The van der Waals surface area contributed by atoms with Crippen LogP contribution in [0.5, 0.6) is 0 Å². The number of aromatic nitrogens is 1. The fraction of sp³-hybridized carbons (Fsp3) is 0.235. The molecule has 7 heteroatoms. The van der Waals surface area contributed by atoms with E-state index >= 15 is 0 Å². The molecule has 0 bridgehead atoms. The number of likely N-dealkylation sites (N-methyl/N-ethyl adjacent to an activating group) is 1. The van der Waals surface area contributed by atoms with Crippen LogP contribution in [0.4, 0.5) is 10.6 Å². The maximum atomic E-state index is 12.3. The molecule has 2 heterocycles. The van der Waals surface area contributed by atoms with Crippen molar-refractivity contribution >= 4 is 28.6 Å². The van der Waals surface area contributed by atoms with Crippen LogP contribution in [-0.4, -0.2) is 49.1 Å². The summed E-state index contributed by atoms with van der Waals surface area (Å²) in [5.41, 5.74) is 0.937. The van der Waals surface area contributed by atoms with Crippen molar-refractivity contribution in [1.82, 2.24) is 15.2 Å². The van der Waals surface area contributed by atoms with E-state index in [0.29, 0.717) is 23.6 Å². The van der Waals surface area contributed by atoms with Crippen molar-refractivity contribution in [2.45, 2.75) is 0 Å². The quantitative estimate of drug-likeness (QED) is 0.836. The summed E-state index contributed by atoms with van der Waals surface area (Å²) in [4.78, 5) is 30.1. The highest BCUT2D eigenvalue weighted by atomic mass is 16.5. The lowest BCUT2D eigenvalue weighted by Crippen LogP contribution is -2.31. The summed E-state index contributed by atoms with van der Waals surface area (Å²) in [6, 6.07) is 9.06. The maximum Gasteiger partial charge on any atom is 0.337 e. The van der Waals surface area contributed by atoms with Crippen molar-refractivity contribution in [2.24, 2.45) is 0 Å². The number of carbonyl (C=O) groups is 2. The summed E-state index contributed by atoms with van der Waals surface area (Å²) < 4.78 is 5.00. The number of rotatable bonds is 4. The Hall–Kier alpha value is -2.93. The standard InChI is InChI=1S/C17H18N4O3/c1-21(2)9-13-14(10-24-16(13)22)19-17(23)20-15-12-6-4-3-5-11(12)7-8-18-15/h3-8H,9-10H2,1-2H3,(H2,18,19,20,23). The van der Waals surface area contributed by atoms with Crippen LogP contribution in [0.25, 0.3) is 10.8 Å². The number of hydrogen-bond acceptors (Lipinski definition) is 5. The number of anilines is 1. The first-order chi connectivity index (χ1) is 11.5. The van der Waals surface area contributed by atoms with Gasteiger partial charge in [-0.2, -0.15) is 0 Å². The fourth-order valence-electron chi connectivity index (χ4n) is 2.52. The third-order valence-electron chi connectivity index (χ3n) is 3.60. The number of cyclic esters (lactones) is 1. The van der Waals surface area contributed by atoms with Crippen LogP contribution >= 0.6 is 0 Å². The number of ether oxygens (including phenoxy) is 1. The average Bonchev–Trinajstić information content (AvgIpc) is 2.88. The van der Waals surface area contributed by atoms with E-state index in [1.807, 2.05) is 49.3 Å². The maximum absolute atomic E-state index is 12.3. The number of amides is 2. The Morgan fingerprint density at radius 1 is 1.25 bits per heavy atom. The van der Waals surface area contributed by atoms with Crippen LogP contribution in [0.3, 0.4) is 0 Å². The minimum absolute atomic E-state index is 0.0678. The van der Waals surface area contributed by atoms with Gasteiger partial charge in [0.25, 0.3) is 0 Å². The molecule has 0 aliphatic carbocycles. The molecule has 0 spiro atoms. The predicted octanol–water partition coefficient (Wildman–Crippen LogP) is 1.73. The van der Waals surface area contributed by atoms with Gasteiger partial charge >= 0.3 is 12.0 Å². The van der Waals surface area contributed by atoms with Crippen LogP contribution < -0.4 is 10.6 Å². The fourth-order valence-corrected chi connectivity index (χ4v) is 2.52. The van der Waals surface area contributed by atoms with Gasteiger partial charge < -0.3 is 15.0 Å². The van der Waals surface area contributed by atoms with Gasteiger partial charge in [0, 0.05) is 18.1 Å². The van der Waals surface area contributed by atoms with Gasteiger partial charge in [0.15, 0.2) is 0 Å². The minimum atomic E-state index is -0.455. The number of nitrogens with zero attached hydrogens (tertiary/aromatic N) is 2. The zero-order valence-corrected chi connectivity index (χ0v) is 13.5. The summed E-state index contributed by atoms with van der Waals surface area (Å²) in [5.74, 6) is 0.0629. The van der Waals surface area contributed by atoms with Crippen LogP contribution in [-0.2, 0) is 9.53 Å². The van der Waals surface area contributed by atoms with Crippen LogP contribution in [0.15, 0.2) is 47.8 Å². The Kier molecular flexibility index (Phi) is 4.43. The van der Waals surface area contributed by atoms with Gasteiger partial charge in [-0.25, -0.2) is 14.6 Å². The molecule has 2 N–H and O–H groups in total. The first kappa shape index (κ1) is 15.9. The van der Waals surface area contributed by atoms with E-state index in [-0.39, 0.29) is 6.61 Å². The van der Waals surface area contributed by atoms with Crippen molar-refractivity contribution < 1.29 is 14.3 Å². The normalized spacial score (nSPS) is 14.2. The van der Waals surface area contributed by atoms with E-state index in [4.69, 9.17) is 4.74 Å². The van der Waals surface area contributed by atoms with Gasteiger partial charge in [0.05, 0.1) is 11.3 Å². The highest BCUT2D eigenvalue weighted by Gasteiger charge is 2.26. The van der Waals surface area contributed by atoms with Crippen molar-refractivity contribution in [2.75, 3.05) is 32.6 Å². The summed E-state index contributed by atoms with van der Waals surface area (Å²) in [7, 11) is 3.69. The Morgan fingerprint density at radius 2 is 2.04 bits per heavy atom. The summed E-state index contributed by atoms with van der Waals surface area (Å²) in [5, 5.41) is 7.24. The van der Waals surface area contributed by atoms with Gasteiger partial charge in [-0.3, -0.25) is 5.32 Å². The van der Waals surface area contributed by atoms with Crippen molar-refractivity contribution in [3.05, 3.63) is 47.8 Å². The second-order valence-corrected chi connectivity index (χ2v) is 5.73. The molecule has 3 rings (SSSR count). The number of benzene rings is 1. The zero-order valence-electron chi connectivity index (χ0n) is 13.5. The van der Waals surface area contributed by atoms with Gasteiger partial charge in [-0.1, -0.05) is 24.3 Å². The molecule has 0 saturated carbocycles. The number of carbonyl (C=O) groups excluding carboxylic acids is 2. The van der Waals surface area contributed by atoms with E-state index in [9.17, 15) is 9.59 Å². The largest absolute Gasteiger partial charge is 0.456 e. The Balaban J connectivity index is 1.78. The van der Waals surface area contributed by atoms with Gasteiger partial charge in [0.2, 0.25) is 0 Å². The lowest BCUT2D eigenvalue weighted by molar-refractivity contribution is -0.136. The van der Waals surface area contributed by atoms with E-state index in [0.717, 1.165) is 10.8 Å². The summed E-state index contributed by atoms with van der Waals surface area (Å²) >= 11 is 0. The lowest BCUT2D eigenvalue weighted by atomic mass is 10.1. The Morgan fingerprint density at radius 3 is 2.83 bits per heavy atom. The molecule has 1 aromatic carbocycles. The highest BCUT2D eigenvalue weighted by molar-refractivity contribution is 6.01. The monoisotopic (exact) mass is 326 g/mol. The average molecular weight is 326 g/mol. The minimum Gasteiger partial charge on any atom is -0.456 e. The molecule has 1 aliphatic heterocycles. The molecule has 0 saturated heterocycles. The molecule has 0 fully saturated rings. The number of nitrogens with one attached hydrogen (secondary N) is 2. The molecule has 1 aromatic heterocycles.